The second kappa shape index (κ2) is 10.7. The van der Waals surface area contributed by atoms with Gasteiger partial charge in [0.05, 0.1) is 11.6 Å². The summed E-state index contributed by atoms with van der Waals surface area (Å²) in [7, 11) is 0. The van der Waals surface area contributed by atoms with E-state index in [9.17, 15) is 9.59 Å². The van der Waals surface area contributed by atoms with Crippen molar-refractivity contribution in [3.63, 3.8) is 0 Å². The highest BCUT2D eigenvalue weighted by Gasteiger charge is 2.34. The van der Waals surface area contributed by atoms with E-state index in [-0.39, 0.29) is 13.2 Å². The Balaban J connectivity index is 0.000000237. The van der Waals surface area contributed by atoms with Gasteiger partial charge in [-0.1, -0.05) is 48.0 Å². The number of nitrogens with one attached hydrogen (secondary N) is 1. The first-order chi connectivity index (χ1) is 13.5. The second-order valence-corrected chi connectivity index (χ2v) is 6.22. The van der Waals surface area contributed by atoms with Crippen molar-refractivity contribution in [1.82, 2.24) is 4.90 Å². The number of ether oxygens (including phenoxy) is 1. The van der Waals surface area contributed by atoms with E-state index in [1.807, 2.05) is 36.4 Å². The largest absolute Gasteiger partial charge is 0.674 e. The van der Waals surface area contributed by atoms with Crippen LogP contribution in [0.3, 0.4) is 0 Å². The highest BCUT2D eigenvalue weighted by Crippen LogP contribution is 2.18. The van der Waals surface area contributed by atoms with Crippen LogP contribution in [0.4, 0.5) is 4.79 Å². The smallest absolute Gasteiger partial charge is 0.410 e. The van der Waals surface area contributed by atoms with Gasteiger partial charge >= 0.3 is 12.1 Å². The Labute approximate surface area is 163 Å². The first kappa shape index (κ1) is 20.9. The summed E-state index contributed by atoms with van der Waals surface area (Å²) in [4.78, 5) is 24.0. The monoisotopic (exact) mass is 380 g/mol. The quantitative estimate of drug-likeness (QED) is 0.861. The van der Waals surface area contributed by atoms with Crippen molar-refractivity contribution >= 4 is 12.1 Å². The number of benzene rings is 2. The number of nitriles is 1. The molecule has 2 N–H and O–H groups in total. The molecule has 0 spiro atoms. The van der Waals surface area contributed by atoms with Crippen molar-refractivity contribution in [2.24, 2.45) is 0 Å². The van der Waals surface area contributed by atoms with E-state index in [1.54, 1.807) is 24.3 Å². The van der Waals surface area contributed by atoms with E-state index in [4.69, 9.17) is 20.8 Å². The van der Waals surface area contributed by atoms with Crippen LogP contribution in [0.5, 0.6) is 0 Å². The second-order valence-electron chi connectivity index (χ2n) is 6.22. The van der Waals surface area contributed by atoms with Gasteiger partial charge in [0.2, 0.25) is 0 Å². The molecule has 7 heteroatoms. The Hall–Kier alpha value is -3.37. The summed E-state index contributed by atoms with van der Waals surface area (Å²) in [5.74, 6) is -0.968. The van der Waals surface area contributed by atoms with Crippen LogP contribution in [0.1, 0.15) is 29.5 Å². The van der Waals surface area contributed by atoms with E-state index in [0.29, 0.717) is 24.9 Å². The molecule has 2 aromatic carbocycles. The Morgan fingerprint density at radius 3 is 2.39 bits per heavy atom. The Morgan fingerprint density at radius 2 is 1.82 bits per heavy atom. The lowest BCUT2D eigenvalue weighted by atomic mass is 10.1. The number of hydrogen-bond acceptors (Lipinski definition) is 4. The van der Waals surface area contributed by atoms with Gasteiger partial charge in [0, 0.05) is 6.54 Å². The summed E-state index contributed by atoms with van der Waals surface area (Å²) in [6.07, 6.45) is 0.649. The number of aliphatic carboxylic acids is 1. The van der Waals surface area contributed by atoms with Crippen molar-refractivity contribution < 1.29 is 19.4 Å². The van der Waals surface area contributed by atoms with Crippen molar-refractivity contribution in [1.29, 1.82) is 5.26 Å². The molecule has 1 fully saturated rings. The Bertz CT molecular complexity index is 816. The number of likely N-dealkylation sites (tertiary alicyclic amines) is 1. The third kappa shape index (κ3) is 6.11. The van der Waals surface area contributed by atoms with Gasteiger partial charge in [-0.15, -0.1) is 6.54 Å². The summed E-state index contributed by atoms with van der Waals surface area (Å²) in [5.41, 5.74) is 9.47. The highest BCUT2D eigenvalue weighted by atomic mass is 16.6. The molecule has 7 nitrogen and oxygen atoms in total. The molecule has 1 aliphatic rings. The van der Waals surface area contributed by atoms with Crippen LogP contribution >= 0.6 is 0 Å². The molecule has 0 radical (unpaired) electrons. The first-order valence-corrected chi connectivity index (χ1v) is 8.89. The van der Waals surface area contributed by atoms with E-state index >= 15 is 0 Å². The van der Waals surface area contributed by atoms with Gasteiger partial charge in [-0.25, -0.2) is 9.59 Å². The van der Waals surface area contributed by atoms with Gasteiger partial charge in [-0.2, -0.15) is 5.26 Å². The summed E-state index contributed by atoms with van der Waals surface area (Å²) in [6, 6.07) is 17.6. The first-order valence-electron chi connectivity index (χ1n) is 8.89. The van der Waals surface area contributed by atoms with Crippen LogP contribution in [0, 0.1) is 11.3 Å². The topological polar surface area (TPSA) is 114 Å². The lowest BCUT2D eigenvalue weighted by molar-refractivity contribution is -0.141. The van der Waals surface area contributed by atoms with E-state index in [0.717, 1.165) is 11.1 Å². The number of carboxylic acids is 1. The third-order valence-electron chi connectivity index (χ3n) is 4.26. The summed E-state index contributed by atoms with van der Waals surface area (Å²) in [5, 5.41) is 17.4. The van der Waals surface area contributed by atoms with Crippen molar-refractivity contribution in [3.8, 4) is 6.07 Å². The van der Waals surface area contributed by atoms with E-state index in [2.05, 4.69) is 0 Å². The Kier molecular flexibility index (Phi) is 8.00. The Morgan fingerprint density at radius 1 is 1.14 bits per heavy atom. The average Bonchev–Trinajstić information content (AvgIpc) is 3.24. The van der Waals surface area contributed by atoms with Gasteiger partial charge in [0.25, 0.3) is 0 Å². The summed E-state index contributed by atoms with van der Waals surface area (Å²) >= 11 is 0. The number of carbonyl (C=O) groups excluding carboxylic acids is 1. The predicted molar refractivity (Wildman–Crippen MR) is 103 cm³/mol. The van der Waals surface area contributed by atoms with Crippen LogP contribution in [-0.4, -0.2) is 34.7 Å². The van der Waals surface area contributed by atoms with Gasteiger partial charge in [0.1, 0.15) is 12.6 Å². The molecular formula is C21H22N3O4-. The van der Waals surface area contributed by atoms with Crippen LogP contribution in [0.15, 0.2) is 54.6 Å². The molecule has 1 atom stereocenters. The van der Waals surface area contributed by atoms with Crippen LogP contribution in [0.25, 0.3) is 5.73 Å². The maximum Gasteiger partial charge on any atom is 0.410 e. The molecule has 1 saturated heterocycles. The number of nitrogens with zero attached hydrogens (tertiary/aromatic N) is 2. The molecular weight excluding hydrogens is 358 g/mol. The highest BCUT2D eigenvalue weighted by molar-refractivity contribution is 5.80. The molecule has 1 amide bonds. The molecule has 0 saturated carbocycles. The summed E-state index contributed by atoms with van der Waals surface area (Å²) in [6.45, 7) is 0.902. The normalized spacial score (nSPS) is 15.1. The summed E-state index contributed by atoms with van der Waals surface area (Å²) < 4.78 is 5.12. The molecule has 0 aromatic heterocycles. The van der Waals surface area contributed by atoms with E-state index in [1.165, 1.54) is 4.90 Å². The minimum atomic E-state index is -0.968. The zero-order valence-electron chi connectivity index (χ0n) is 15.4. The van der Waals surface area contributed by atoms with Crippen LogP contribution in [-0.2, 0) is 22.7 Å². The molecule has 146 valence electrons. The maximum absolute atomic E-state index is 11.8. The molecule has 28 heavy (non-hydrogen) atoms. The molecule has 0 bridgehead atoms. The molecule has 1 aliphatic heterocycles. The molecule has 0 unspecified atom stereocenters. The number of amides is 1. The molecule has 0 aliphatic carbocycles. The number of rotatable bonds is 4. The van der Waals surface area contributed by atoms with Gasteiger partial charge < -0.3 is 15.6 Å². The van der Waals surface area contributed by atoms with Crippen molar-refractivity contribution in [2.45, 2.75) is 32.0 Å². The van der Waals surface area contributed by atoms with E-state index < -0.39 is 18.1 Å². The van der Waals surface area contributed by atoms with Crippen molar-refractivity contribution in [2.75, 3.05) is 6.54 Å². The van der Waals surface area contributed by atoms with Gasteiger partial charge in [0.15, 0.2) is 0 Å². The van der Waals surface area contributed by atoms with Crippen molar-refractivity contribution in [3.05, 3.63) is 77.0 Å². The zero-order chi connectivity index (χ0) is 20.4. The lowest BCUT2D eigenvalue weighted by Crippen LogP contribution is -2.40. The standard InChI is InChI=1S/C13H15NO4.C8H7N2/c15-12(16)11-7-4-8-14(11)13(17)18-9-10-5-2-1-3-6-10;9-5-7-1-2-8(6-10)4-3-7/h1-3,5-6,11H,4,7-9H2,(H,15,16);1-4,9H,5H2/q;-1/t11-;/m0./s1. The number of hydrogen-bond donors (Lipinski definition) is 1. The van der Waals surface area contributed by atoms with Gasteiger partial charge in [-0.05, 0) is 30.5 Å². The fourth-order valence-corrected chi connectivity index (χ4v) is 2.74. The average molecular weight is 380 g/mol. The van der Waals surface area contributed by atoms with Crippen LogP contribution < -0.4 is 0 Å². The predicted octanol–water partition coefficient (Wildman–Crippen LogP) is 3.98. The third-order valence-corrected chi connectivity index (χ3v) is 4.26. The fraction of sp³-hybridized carbons (Fsp3) is 0.286. The zero-order valence-corrected chi connectivity index (χ0v) is 15.4. The van der Waals surface area contributed by atoms with Gasteiger partial charge in [-0.3, -0.25) is 4.90 Å². The lowest BCUT2D eigenvalue weighted by Gasteiger charge is -2.20. The molecule has 1 heterocycles. The SMILES string of the molecule is N#Cc1ccc(C[NH-])cc1.O=C(O)[C@@H]1CCCN1C(=O)OCc1ccccc1. The minimum absolute atomic E-state index is 0.169. The number of carbonyl (C=O) groups is 2. The van der Waals surface area contributed by atoms with Crippen LogP contribution in [0.2, 0.25) is 0 Å². The molecule has 2 aromatic rings. The maximum atomic E-state index is 11.8. The molecule has 3 rings (SSSR count). The number of carboxylic acid groups (broad SMARTS) is 1. The minimum Gasteiger partial charge on any atom is -0.674 e. The fourth-order valence-electron chi connectivity index (χ4n) is 2.74.